The van der Waals surface area contributed by atoms with Crippen molar-refractivity contribution in [1.82, 2.24) is 14.9 Å². The highest BCUT2D eigenvalue weighted by molar-refractivity contribution is 5.94. The van der Waals surface area contributed by atoms with Crippen LogP contribution >= 0.6 is 0 Å². The molecule has 1 N–H and O–H groups in total. The van der Waals surface area contributed by atoms with E-state index in [0.29, 0.717) is 12.1 Å². The van der Waals surface area contributed by atoms with Crippen LogP contribution < -0.4 is 5.32 Å². The number of benzene rings is 3. The number of hydrogen-bond donors (Lipinski definition) is 1. The molecule has 4 nitrogen and oxygen atoms in total. The summed E-state index contributed by atoms with van der Waals surface area (Å²) >= 11 is 0. The Labute approximate surface area is 164 Å². The van der Waals surface area contributed by atoms with E-state index in [1.54, 1.807) is 0 Å². The van der Waals surface area contributed by atoms with Gasteiger partial charge < -0.3 is 9.88 Å². The molecule has 0 fully saturated rings. The zero-order chi connectivity index (χ0) is 19.5. The largest absolute Gasteiger partial charge is 0.342 e. The molecule has 1 heterocycles. The summed E-state index contributed by atoms with van der Waals surface area (Å²) < 4.78 is 2.20. The molecule has 3 aromatic carbocycles. The highest BCUT2D eigenvalue weighted by Crippen LogP contribution is 2.23. The molecule has 0 unspecified atom stereocenters. The molecule has 0 bridgehead atoms. The number of hydrogen-bond acceptors (Lipinski definition) is 2. The number of aromatic nitrogens is 2. The molecule has 0 saturated carbocycles. The SMILES string of the molecule is Cc1ccccc1Cn1c([C@@H](C)NC(=O)c2ccccc2)nc2ccccc21. The van der Waals surface area contributed by atoms with Crippen molar-refractivity contribution in [2.45, 2.75) is 26.4 Å². The van der Waals surface area contributed by atoms with Gasteiger partial charge in [0.15, 0.2) is 0 Å². The second-order valence-electron chi connectivity index (χ2n) is 7.03. The molecule has 0 aliphatic rings. The minimum absolute atomic E-state index is 0.0948. The van der Waals surface area contributed by atoms with Gasteiger partial charge in [0.25, 0.3) is 5.91 Å². The fraction of sp³-hybridized carbons (Fsp3) is 0.167. The molecule has 0 aliphatic heterocycles. The molecule has 0 aliphatic carbocycles. The molecule has 4 aromatic rings. The molecule has 0 spiro atoms. The average molecular weight is 369 g/mol. The highest BCUT2D eigenvalue weighted by atomic mass is 16.1. The van der Waals surface area contributed by atoms with Crippen LogP contribution in [0.25, 0.3) is 11.0 Å². The predicted molar refractivity (Wildman–Crippen MR) is 112 cm³/mol. The van der Waals surface area contributed by atoms with Gasteiger partial charge in [-0.05, 0) is 49.2 Å². The fourth-order valence-electron chi connectivity index (χ4n) is 3.48. The third-order valence-electron chi connectivity index (χ3n) is 5.04. The monoisotopic (exact) mass is 369 g/mol. The number of nitrogens with zero attached hydrogens (tertiary/aromatic N) is 2. The van der Waals surface area contributed by atoms with Crippen molar-refractivity contribution in [3.05, 3.63) is 101 Å². The van der Waals surface area contributed by atoms with Crippen LogP contribution in [0.15, 0.2) is 78.9 Å². The summed E-state index contributed by atoms with van der Waals surface area (Å²) in [5.74, 6) is 0.760. The minimum Gasteiger partial charge on any atom is -0.342 e. The van der Waals surface area contributed by atoms with E-state index >= 15 is 0 Å². The zero-order valence-corrected chi connectivity index (χ0v) is 16.1. The van der Waals surface area contributed by atoms with E-state index in [4.69, 9.17) is 4.98 Å². The van der Waals surface area contributed by atoms with E-state index in [1.807, 2.05) is 55.5 Å². The first-order chi connectivity index (χ1) is 13.6. The van der Waals surface area contributed by atoms with Gasteiger partial charge in [-0.15, -0.1) is 0 Å². The maximum Gasteiger partial charge on any atom is 0.251 e. The smallest absolute Gasteiger partial charge is 0.251 e. The normalized spacial score (nSPS) is 12.1. The first-order valence-corrected chi connectivity index (χ1v) is 9.49. The molecular weight excluding hydrogens is 346 g/mol. The maximum absolute atomic E-state index is 12.6. The summed E-state index contributed by atoms with van der Waals surface area (Å²) in [5, 5.41) is 3.09. The standard InChI is InChI=1S/C24H23N3O/c1-17-10-6-7-13-20(17)16-27-22-15-9-8-14-21(22)26-23(27)18(2)25-24(28)19-11-4-3-5-12-19/h3-15,18H,16H2,1-2H3,(H,25,28)/t18-/m1/s1. The van der Waals surface area contributed by atoms with Crippen molar-refractivity contribution in [3.63, 3.8) is 0 Å². The van der Waals surface area contributed by atoms with Crippen molar-refractivity contribution in [1.29, 1.82) is 0 Å². The van der Waals surface area contributed by atoms with Crippen LogP contribution in [0.2, 0.25) is 0 Å². The number of carbonyl (C=O) groups is 1. The molecule has 4 heteroatoms. The average Bonchev–Trinajstić information content (AvgIpc) is 3.09. The van der Waals surface area contributed by atoms with Crippen LogP contribution in [0.1, 0.15) is 40.3 Å². The van der Waals surface area contributed by atoms with Crippen molar-refractivity contribution in [2.75, 3.05) is 0 Å². The zero-order valence-electron chi connectivity index (χ0n) is 16.1. The topological polar surface area (TPSA) is 46.9 Å². The molecular formula is C24H23N3O. The second kappa shape index (κ2) is 7.69. The second-order valence-corrected chi connectivity index (χ2v) is 7.03. The number of carbonyl (C=O) groups excluding carboxylic acids is 1. The van der Waals surface area contributed by atoms with E-state index in [-0.39, 0.29) is 11.9 Å². The van der Waals surface area contributed by atoms with E-state index in [0.717, 1.165) is 16.9 Å². The molecule has 1 aromatic heterocycles. The van der Waals surface area contributed by atoms with Gasteiger partial charge >= 0.3 is 0 Å². The lowest BCUT2D eigenvalue weighted by Gasteiger charge is -2.17. The summed E-state index contributed by atoms with van der Waals surface area (Å²) in [6.45, 7) is 4.82. The number of aryl methyl sites for hydroxylation is 1. The van der Waals surface area contributed by atoms with Crippen LogP contribution in [-0.2, 0) is 6.54 Å². The fourth-order valence-corrected chi connectivity index (χ4v) is 3.48. The quantitative estimate of drug-likeness (QED) is 0.545. The lowest BCUT2D eigenvalue weighted by Crippen LogP contribution is -2.28. The van der Waals surface area contributed by atoms with Crippen LogP contribution in [0.3, 0.4) is 0 Å². The predicted octanol–water partition coefficient (Wildman–Crippen LogP) is 4.88. The van der Waals surface area contributed by atoms with Crippen molar-refractivity contribution < 1.29 is 4.79 Å². The summed E-state index contributed by atoms with van der Waals surface area (Å²) in [6, 6.07) is 25.5. The summed E-state index contributed by atoms with van der Waals surface area (Å²) in [6.07, 6.45) is 0. The first kappa shape index (κ1) is 18.0. The third-order valence-corrected chi connectivity index (χ3v) is 5.04. The Hall–Kier alpha value is -3.40. The Kier molecular flexibility index (Phi) is 4.94. The van der Waals surface area contributed by atoms with Gasteiger partial charge in [0.1, 0.15) is 5.82 Å². The summed E-state index contributed by atoms with van der Waals surface area (Å²) in [5.41, 5.74) is 5.14. The molecule has 28 heavy (non-hydrogen) atoms. The Morgan fingerprint density at radius 1 is 0.964 bits per heavy atom. The summed E-state index contributed by atoms with van der Waals surface area (Å²) in [7, 11) is 0. The molecule has 4 rings (SSSR count). The van der Waals surface area contributed by atoms with Gasteiger partial charge in [-0.1, -0.05) is 54.6 Å². The maximum atomic E-state index is 12.6. The molecule has 140 valence electrons. The van der Waals surface area contributed by atoms with Gasteiger partial charge in [-0.3, -0.25) is 4.79 Å². The number of nitrogens with one attached hydrogen (secondary N) is 1. The van der Waals surface area contributed by atoms with Gasteiger partial charge in [-0.2, -0.15) is 0 Å². The van der Waals surface area contributed by atoms with E-state index in [9.17, 15) is 4.79 Å². The number of rotatable bonds is 5. The van der Waals surface area contributed by atoms with E-state index in [2.05, 4.69) is 47.1 Å². The van der Waals surface area contributed by atoms with E-state index < -0.39 is 0 Å². The van der Waals surface area contributed by atoms with Crippen LogP contribution in [-0.4, -0.2) is 15.5 Å². The molecule has 0 radical (unpaired) electrons. The van der Waals surface area contributed by atoms with E-state index in [1.165, 1.54) is 11.1 Å². The number of imidazole rings is 1. The molecule has 0 saturated heterocycles. The van der Waals surface area contributed by atoms with Gasteiger partial charge in [0.05, 0.1) is 17.1 Å². The van der Waals surface area contributed by atoms with Gasteiger partial charge in [0.2, 0.25) is 0 Å². The van der Waals surface area contributed by atoms with Gasteiger partial charge in [0, 0.05) is 12.1 Å². The Morgan fingerprint density at radius 2 is 1.64 bits per heavy atom. The number of amides is 1. The van der Waals surface area contributed by atoms with Crippen molar-refractivity contribution in [2.24, 2.45) is 0 Å². The Morgan fingerprint density at radius 3 is 2.43 bits per heavy atom. The minimum atomic E-state index is -0.218. The Balaban J connectivity index is 1.70. The van der Waals surface area contributed by atoms with Crippen LogP contribution in [0.5, 0.6) is 0 Å². The lowest BCUT2D eigenvalue weighted by molar-refractivity contribution is 0.0938. The first-order valence-electron chi connectivity index (χ1n) is 9.49. The van der Waals surface area contributed by atoms with Crippen molar-refractivity contribution >= 4 is 16.9 Å². The van der Waals surface area contributed by atoms with Crippen LogP contribution in [0, 0.1) is 6.92 Å². The van der Waals surface area contributed by atoms with Crippen LogP contribution in [0.4, 0.5) is 0 Å². The Bertz CT molecular complexity index is 1120. The van der Waals surface area contributed by atoms with Crippen molar-refractivity contribution in [3.8, 4) is 0 Å². The lowest BCUT2D eigenvalue weighted by atomic mass is 10.1. The highest BCUT2D eigenvalue weighted by Gasteiger charge is 2.19. The third kappa shape index (κ3) is 3.54. The number of para-hydroxylation sites is 2. The molecule has 1 atom stereocenters. The molecule has 1 amide bonds. The number of fused-ring (bicyclic) bond motifs is 1. The summed E-state index contributed by atoms with van der Waals surface area (Å²) in [4.78, 5) is 17.5. The van der Waals surface area contributed by atoms with Gasteiger partial charge in [-0.25, -0.2) is 4.98 Å².